The summed E-state index contributed by atoms with van der Waals surface area (Å²) < 4.78 is 1.76. The van der Waals surface area contributed by atoms with Crippen LogP contribution < -0.4 is 5.73 Å². The van der Waals surface area contributed by atoms with E-state index in [1.54, 1.807) is 4.68 Å². The highest BCUT2D eigenvalue weighted by Gasteiger charge is 2.17. The number of nitrogens with zero attached hydrogens (tertiary/aromatic N) is 2. The van der Waals surface area contributed by atoms with E-state index in [1.807, 2.05) is 32.2 Å². The molecule has 1 atom stereocenters. The van der Waals surface area contributed by atoms with Crippen LogP contribution in [0.3, 0.4) is 0 Å². The molecule has 90 valence electrons. The van der Waals surface area contributed by atoms with E-state index in [0.29, 0.717) is 0 Å². The minimum atomic E-state index is -1.00. The molecule has 0 aliphatic rings. The van der Waals surface area contributed by atoms with Crippen LogP contribution in [0.15, 0.2) is 18.2 Å². The number of hydrogen-bond donors (Lipinski definition) is 2. The molecular weight excluding hydrogens is 218 g/mol. The van der Waals surface area contributed by atoms with Crippen molar-refractivity contribution in [1.29, 1.82) is 0 Å². The molecule has 0 bridgehead atoms. The summed E-state index contributed by atoms with van der Waals surface area (Å²) in [6, 6.07) is 5.00. The fourth-order valence-corrected chi connectivity index (χ4v) is 2.02. The number of nitrogens with two attached hydrogens (primary N) is 1. The first-order valence-corrected chi connectivity index (χ1v) is 5.40. The average Bonchev–Trinajstić information content (AvgIpc) is 2.57. The molecule has 0 aliphatic carbocycles. The first-order chi connectivity index (χ1) is 8.00. The summed E-state index contributed by atoms with van der Waals surface area (Å²) in [5.41, 5.74) is 8.38. The molecular formula is C12H15N3O2. The van der Waals surface area contributed by atoms with Gasteiger partial charge < -0.3 is 10.8 Å². The zero-order valence-electron chi connectivity index (χ0n) is 9.84. The van der Waals surface area contributed by atoms with E-state index in [4.69, 9.17) is 10.8 Å². The predicted octanol–water partition coefficient (Wildman–Crippen LogP) is 0.836. The Labute approximate surface area is 98.8 Å². The zero-order valence-corrected chi connectivity index (χ0v) is 9.84. The van der Waals surface area contributed by atoms with E-state index >= 15 is 0 Å². The van der Waals surface area contributed by atoms with Crippen molar-refractivity contribution in [1.82, 2.24) is 9.78 Å². The summed E-state index contributed by atoms with van der Waals surface area (Å²) in [5.74, 6) is -1.00. The van der Waals surface area contributed by atoms with Gasteiger partial charge in [-0.3, -0.25) is 9.48 Å². The van der Waals surface area contributed by atoms with E-state index in [9.17, 15) is 4.79 Å². The SMILES string of the molecule is Cc1cccc2c1c(CC(N)C(=O)O)nn2C. The highest BCUT2D eigenvalue weighted by molar-refractivity contribution is 5.86. The molecule has 5 nitrogen and oxygen atoms in total. The second kappa shape index (κ2) is 4.18. The second-order valence-electron chi connectivity index (χ2n) is 4.19. The van der Waals surface area contributed by atoms with Crippen LogP contribution in [0, 0.1) is 6.92 Å². The lowest BCUT2D eigenvalue weighted by atomic mass is 10.0. The molecule has 3 N–H and O–H groups in total. The van der Waals surface area contributed by atoms with Crippen LogP contribution in [0.1, 0.15) is 11.3 Å². The number of aryl methyl sites for hydroxylation is 2. The van der Waals surface area contributed by atoms with Gasteiger partial charge in [0, 0.05) is 18.9 Å². The summed E-state index contributed by atoms with van der Waals surface area (Å²) in [7, 11) is 1.84. The Balaban J connectivity index is 2.51. The maximum Gasteiger partial charge on any atom is 0.320 e. The number of carboxylic acids is 1. The third-order valence-corrected chi connectivity index (χ3v) is 2.89. The van der Waals surface area contributed by atoms with Crippen LogP contribution in [-0.2, 0) is 18.3 Å². The number of carboxylic acid groups (broad SMARTS) is 1. The molecule has 0 amide bonds. The standard InChI is InChI=1S/C12H15N3O2/c1-7-4-3-5-10-11(7)9(14-15(10)2)6-8(13)12(16)17/h3-5,8H,6,13H2,1-2H3,(H,16,17). The van der Waals surface area contributed by atoms with Crippen LogP contribution in [0.25, 0.3) is 10.9 Å². The second-order valence-corrected chi connectivity index (χ2v) is 4.19. The van der Waals surface area contributed by atoms with Gasteiger partial charge in [-0.25, -0.2) is 0 Å². The quantitative estimate of drug-likeness (QED) is 0.823. The molecule has 17 heavy (non-hydrogen) atoms. The molecule has 1 aromatic heterocycles. The third kappa shape index (κ3) is 2.01. The number of hydrogen-bond acceptors (Lipinski definition) is 3. The Morgan fingerprint density at radius 1 is 1.59 bits per heavy atom. The molecule has 1 heterocycles. The van der Waals surface area contributed by atoms with Gasteiger partial charge >= 0.3 is 5.97 Å². The molecule has 2 rings (SSSR count). The van der Waals surface area contributed by atoms with E-state index in [0.717, 1.165) is 22.2 Å². The van der Waals surface area contributed by atoms with E-state index in [1.165, 1.54) is 0 Å². The Kier molecular flexibility index (Phi) is 2.85. The van der Waals surface area contributed by atoms with Crippen molar-refractivity contribution < 1.29 is 9.90 Å². The van der Waals surface area contributed by atoms with E-state index in [-0.39, 0.29) is 6.42 Å². The van der Waals surface area contributed by atoms with Gasteiger partial charge in [0.2, 0.25) is 0 Å². The van der Waals surface area contributed by atoms with Crippen molar-refractivity contribution in [3.05, 3.63) is 29.5 Å². The molecule has 1 unspecified atom stereocenters. The number of rotatable bonds is 3. The highest BCUT2D eigenvalue weighted by atomic mass is 16.4. The lowest BCUT2D eigenvalue weighted by molar-refractivity contribution is -0.138. The summed E-state index contributed by atoms with van der Waals surface area (Å²) in [6.45, 7) is 1.99. The minimum Gasteiger partial charge on any atom is -0.480 e. The van der Waals surface area contributed by atoms with Crippen LogP contribution in [0.4, 0.5) is 0 Å². The number of carbonyl (C=O) groups is 1. The van der Waals surface area contributed by atoms with Crippen LogP contribution in [0.2, 0.25) is 0 Å². The fraction of sp³-hybridized carbons (Fsp3) is 0.333. The van der Waals surface area contributed by atoms with E-state index in [2.05, 4.69) is 5.10 Å². The van der Waals surface area contributed by atoms with Crippen molar-refractivity contribution in [2.75, 3.05) is 0 Å². The molecule has 0 saturated heterocycles. The smallest absolute Gasteiger partial charge is 0.320 e. The first-order valence-electron chi connectivity index (χ1n) is 5.40. The Hall–Kier alpha value is -1.88. The molecule has 0 saturated carbocycles. The molecule has 0 spiro atoms. The van der Waals surface area contributed by atoms with E-state index < -0.39 is 12.0 Å². The van der Waals surface area contributed by atoms with Gasteiger partial charge in [0.25, 0.3) is 0 Å². The van der Waals surface area contributed by atoms with Gasteiger partial charge in [0.05, 0.1) is 11.2 Å². The van der Waals surface area contributed by atoms with Crippen molar-refractivity contribution in [2.24, 2.45) is 12.8 Å². The molecule has 5 heteroatoms. The lowest BCUT2D eigenvalue weighted by Crippen LogP contribution is -2.32. The van der Waals surface area contributed by atoms with Gasteiger partial charge in [-0.2, -0.15) is 5.10 Å². The monoisotopic (exact) mass is 233 g/mol. The minimum absolute atomic E-state index is 0.248. The summed E-state index contributed by atoms with van der Waals surface area (Å²) >= 11 is 0. The summed E-state index contributed by atoms with van der Waals surface area (Å²) in [4.78, 5) is 10.8. The third-order valence-electron chi connectivity index (χ3n) is 2.89. The maximum atomic E-state index is 10.8. The topological polar surface area (TPSA) is 81.1 Å². The first kappa shape index (κ1) is 11.6. The number of aromatic nitrogens is 2. The number of benzene rings is 1. The van der Waals surface area contributed by atoms with Gasteiger partial charge in [0.15, 0.2) is 0 Å². The summed E-state index contributed by atoms with van der Waals surface area (Å²) in [6.07, 6.45) is 0.248. The van der Waals surface area contributed by atoms with Crippen molar-refractivity contribution in [2.45, 2.75) is 19.4 Å². The number of aliphatic carboxylic acids is 1. The summed E-state index contributed by atoms with van der Waals surface area (Å²) in [5, 5.41) is 14.2. The van der Waals surface area contributed by atoms with Gasteiger partial charge in [-0.1, -0.05) is 12.1 Å². The Morgan fingerprint density at radius 2 is 2.29 bits per heavy atom. The normalized spacial score (nSPS) is 12.9. The maximum absolute atomic E-state index is 10.8. The zero-order chi connectivity index (χ0) is 12.6. The van der Waals surface area contributed by atoms with Crippen LogP contribution in [-0.4, -0.2) is 26.9 Å². The van der Waals surface area contributed by atoms with Gasteiger partial charge in [0.1, 0.15) is 6.04 Å². The predicted molar refractivity (Wildman–Crippen MR) is 64.8 cm³/mol. The van der Waals surface area contributed by atoms with Crippen molar-refractivity contribution in [3.63, 3.8) is 0 Å². The van der Waals surface area contributed by atoms with Gasteiger partial charge in [-0.05, 0) is 18.6 Å². The molecule has 0 radical (unpaired) electrons. The van der Waals surface area contributed by atoms with Gasteiger partial charge in [-0.15, -0.1) is 0 Å². The number of fused-ring (bicyclic) bond motifs is 1. The molecule has 1 aromatic carbocycles. The molecule has 0 fully saturated rings. The lowest BCUT2D eigenvalue weighted by Gasteiger charge is -2.04. The average molecular weight is 233 g/mol. The van der Waals surface area contributed by atoms with Crippen molar-refractivity contribution >= 4 is 16.9 Å². The Morgan fingerprint density at radius 3 is 2.94 bits per heavy atom. The fourth-order valence-electron chi connectivity index (χ4n) is 2.02. The molecule has 0 aliphatic heterocycles. The molecule has 2 aromatic rings. The van der Waals surface area contributed by atoms with Crippen LogP contribution >= 0.6 is 0 Å². The largest absolute Gasteiger partial charge is 0.480 e. The van der Waals surface area contributed by atoms with Crippen molar-refractivity contribution in [3.8, 4) is 0 Å². The van der Waals surface area contributed by atoms with Crippen LogP contribution in [0.5, 0.6) is 0 Å². The highest BCUT2D eigenvalue weighted by Crippen LogP contribution is 2.22. The Bertz CT molecular complexity index is 574.